The van der Waals surface area contributed by atoms with E-state index in [0.29, 0.717) is 24.4 Å². The number of amides is 1. The maximum atomic E-state index is 12.5. The van der Waals surface area contributed by atoms with Gasteiger partial charge in [-0.3, -0.25) is 15.2 Å². The molecule has 2 aromatic rings. The van der Waals surface area contributed by atoms with Gasteiger partial charge in [0, 0.05) is 36.0 Å². The highest BCUT2D eigenvalue weighted by atomic mass is 79.9. The molecule has 7 heteroatoms. The first-order valence-corrected chi connectivity index (χ1v) is 9.10. The van der Waals surface area contributed by atoms with E-state index >= 15 is 0 Å². The monoisotopic (exact) mass is 440 g/mol. The number of benzene rings is 2. The van der Waals surface area contributed by atoms with E-state index in [9.17, 15) is 9.90 Å². The van der Waals surface area contributed by atoms with Gasteiger partial charge in [0.25, 0.3) is 5.91 Å². The van der Waals surface area contributed by atoms with Gasteiger partial charge in [-0.15, -0.1) is 17.0 Å². The number of anilines is 2. The fraction of sp³-hybridized carbons (Fsp3) is 0.190. The molecule has 6 nitrogen and oxygen atoms in total. The molecule has 2 heterocycles. The second-order valence-corrected chi connectivity index (χ2v) is 7.09. The van der Waals surface area contributed by atoms with E-state index in [-0.39, 0.29) is 28.6 Å². The number of nitrogens with zero attached hydrogens (tertiary/aromatic N) is 1. The van der Waals surface area contributed by atoms with Crippen LogP contribution in [0.4, 0.5) is 11.4 Å². The van der Waals surface area contributed by atoms with E-state index in [2.05, 4.69) is 10.7 Å². The Morgan fingerprint density at radius 3 is 2.86 bits per heavy atom. The zero-order chi connectivity index (χ0) is 18.5. The summed E-state index contributed by atoms with van der Waals surface area (Å²) in [5.74, 6) is 0.207. The number of allylic oxidation sites excluding steroid dienone is 2. The van der Waals surface area contributed by atoms with Crippen LogP contribution in [0.5, 0.6) is 0 Å². The van der Waals surface area contributed by atoms with Crippen molar-refractivity contribution in [2.24, 2.45) is 0 Å². The van der Waals surface area contributed by atoms with E-state index in [1.165, 1.54) is 0 Å². The number of carbonyl (C=O) groups excluding carboxylic acids is 1. The van der Waals surface area contributed by atoms with E-state index < -0.39 is 0 Å². The molecule has 3 aliphatic rings. The van der Waals surface area contributed by atoms with Crippen LogP contribution in [0.15, 0.2) is 42.2 Å². The van der Waals surface area contributed by atoms with Crippen LogP contribution in [0, 0.1) is 0 Å². The molecule has 0 atom stereocenters. The molecule has 0 spiro atoms. The third-order valence-corrected chi connectivity index (χ3v) is 5.37. The topological polar surface area (TPSA) is 90.6 Å². The second kappa shape index (κ2) is 6.91. The average Bonchev–Trinajstić information content (AvgIpc) is 2.93. The molecule has 0 aromatic heterocycles. The minimum absolute atomic E-state index is 0. The minimum Gasteiger partial charge on any atom is -0.508 e. The van der Waals surface area contributed by atoms with Gasteiger partial charge in [0.2, 0.25) is 0 Å². The summed E-state index contributed by atoms with van der Waals surface area (Å²) in [6.07, 6.45) is 3.24. The number of aliphatic hydroxyl groups is 1. The zero-order valence-corrected chi connectivity index (χ0v) is 16.9. The van der Waals surface area contributed by atoms with E-state index in [0.717, 1.165) is 45.8 Å². The van der Waals surface area contributed by atoms with Gasteiger partial charge in [-0.25, -0.2) is 0 Å². The normalized spacial score (nSPS) is 17.4. The quantitative estimate of drug-likeness (QED) is 0.503. The summed E-state index contributed by atoms with van der Waals surface area (Å²) >= 11 is 0. The molecular weight excluding hydrogens is 420 g/mol. The van der Waals surface area contributed by atoms with Gasteiger partial charge in [0.15, 0.2) is 0 Å². The smallest absolute Gasteiger partial charge is 0.270 e. The number of aliphatic hydroxyl groups excluding tert-OH is 1. The molecule has 144 valence electrons. The van der Waals surface area contributed by atoms with Crippen molar-refractivity contribution in [2.75, 3.05) is 24.2 Å². The lowest BCUT2D eigenvalue weighted by molar-refractivity contribution is -0.116. The molecule has 2 aromatic carbocycles. The standard InChI is InChI=1S/C21H20N4O2.BrH/c22-14-4-1-3-12(9-14)16-11-17-13(10-18(16)26)5-6-15-19(17)24-25-8-2-7-23-21(27)20(15)25;/h1,3-6,9-10,24,26H,2,7-8,11,22H2,(H,23,27);1H. The van der Waals surface area contributed by atoms with Crippen LogP contribution in [0.25, 0.3) is 17.3 Å². The fourth-order valence-electron chi connectivity index (χ4n) is 4.06. The van der Waals surface area contributed by atoms with Gasteiger partial charge in [0.05, 0.1) is 5.69 Å². The highest BCUT2D eigenvalue weighted by Crippen LogP contribution is 2.30. The predicted molar refractivity (Wildman–Crippen MR) is 116 cm³/mol. The van der Waals surface area contributed by atoms with Crippen molar-refractivity contribution in [1.29, 1.82) is 0 Å². The summed E-state index contributed by atoms with van der Waals surface area (Å²) in [6.45, 7) is 1.45. The number of rotatable bonds is 1. The number of fused-ring (bicyclic) bond motifs is 4. The Bertz CT molecular complexity index is 1140. The number of carbonyl (C=O) groups is 1. The Morgan fingerprint density at radius 1 is 1.18 bits per heavy atom. The number of nitrogen functional groups attached to an aromatic ring is 1. The second-order valence-electron chi connectivity index (χ2n) is 7.09. The van der Waals surface area contributed by atoms with Gasteiger partial charge in [-0.2, -0.15) is 0 Å². The molecule has 1 saturated heterocycles. The first-order valence-electron chi connectivity index (χ1n) is 9.10. The lowest BCUT2D eigenvalue weighted by Gasteiger charge is -2.21. The predicted octanol–water partition coefficient (Wildman–Crippen LogP) is 1.42. The van der Waals surface area contributed by atoms with Crippen LogP contribution < -0.4 is 26.9 Å². The molecule has 1 amide bonds. The van der Waals surface area contributed by atoms with Gasteiger partial charge >= 0.3 is 0 Å². The Kier molecular flexibility index (Phi) is 4.55. The SMILES string of the molecule is Br.Nc1cccc(C2=C(O)C=c3ccc4c(c3C2)NN2CCCNC(=O)C=42)c1. The first kappa shape index (κ1) is 18.4. The fourth-order valence-corrected chi connectivity index (χ4v) is 4.06. The van der Waals surface area contributed by atoms with Crippen molar-refractivity contribution in [3.8, 4) is 0 Å². The van der Waals surface area contributed by atoms with Crippen molar-refractivity contribution in [3.05, 3.63) is 63.7 Å². The summed E-state index contributed by atoms with van der Waals surface area (Å²) in [5.41, 5.74) is 14.5. The average molecular weight is 441 g/mol. The van der Waals surface area contributed by atoms with Crippen LogP contribution in [0.1, 0.15) is 17.5 Å². The highest BCUT2D eigenvalue weighted by Gasteiger charge is 2.30. The summed E-state index contributed by atoms with van der Waals surface area (Å²) in [5, 5.41) is 17.3. The molecule has 1 aliphatic carbocycles. The molecule has 0 bridgehead atoms. The van der Waals surface area contributed by atoms with Gasteiger partial charge in [-0.1, -0.05) is 18.2 Å². The first-order chi connectivity index (χ1) is 13.1. The Hall–Kier alpha value is -2.93. The van der Waals surface area contributed by atoms with Gasteiger partial charge in [0.1, 0.15) is 11.5 Å². The van der Waals surface area contributed by atoms with Crippen LogP contribution in [-0.2, 0) is 11.2 Å². The number of hydrogen-bond acceptors (Lipinski definition) is 5. The maximum Gasteiger partial charge on any atom is 0.270 e. The minimum atomic E-state index is -0.0482. The Labute approximate surface area is 172 Å². The summed E-state index contributed by atoms with van der Waals surface area (Å²) in [6, 6.07) is 11.5. The molecule has 0 saturated carbocycles. The number of nitrogens with one attached hydrogen (secondary N) is 2. The van der Waals surface area contributed by atoms with Crippen molar-refractivity contribution < 1.29 is 9.90 Å². The molecule has 2 aliphatic heterocycles. The molecule has 28 heavy (non-hydrogen) atoms. The lowest BCUT2D eigenvalue weighted by atomic mass is 9.90. The lowest BCUT2D eigenvalue weighted by Crippen LogP contribution is -2.31. The number of hydrazine groups is 1. The molecule has 5 rings (SSSR count). The van der Waals surface area contributed by atoms with Gasteiger partial charge in [-0.05, 0) is 47.0 Å². The Morgan fingerprint density at radius 2 is 2.04 bits per heavy atom. The third kappa shape index (κ3) is 2.82. The maximum absolute atomic E-state index is 12.5. The molecular formula is C21H21BrN4O2. The summed E-state index contributed by atoms with van der Waals surface area (Å²) in [7, 11) is 0. The molecule has 0 radical (unpaired) electrons. The van der Waals surface area contributed by atoms with Crippen LogP contribution in [-0.4, -0.2) is 29.1 Å². The van der Waals surface area contributed by atoms with E-state index in [1.54, 1.807) is 6.08 Å². The van der Waals surface area contributed by atoms with E-state index in [1.807, 2.05) is 41.4 Å². The van der Waals surface area contributed by atoms with Crippen molar-refractivity contribution in [2.45, 2.75) is 12.8 Å². The van der Waals surface area contributed by atoms with Crippen LogP contribution in [0.2, 0.25) is 0 Å². The third-order valence-electron chi connectivity index (χ3n) is 5.37. The van der Waals surface area contributed by atoms with Crippen molar-refractivity contribution in [1.82, 2.24) is 10.3 Å². The molecule has 5 N–H and O–H groups in total. The number of halogens is 1. The summed E-state index contributed by atoms with van der Waals surface area (Å²) < 4.78 is 0. The molecule has 0 unspecified atom stereocenters. The zero-order valence-electron chi connectivity index (χ0n) is 15.2. The molecule has 1 fully saturated rings. The highest BCUT2D eigenvalue weighted by molar-refractivity contribution is 8.93. The van der Waals surface area contributed by atoms with Crippen LogP contribution >= 0.6 is 17.0 Å². The number of nitrogens with two attached hydrogens (primary N) is 1. The largest absolute Gasteiger partial charge is 0.508 e. The van der Waals surface area contributed by atoms with Crippen molar-refractivity contribution in [3.63, 3.8) is 0 Å². The summed E-state index contributed by atoms with van der Waals surface area (Å²) in [4.78, 5) is 12.5. The Balaban J connectivity index is 0.00000192. The number of hydrogen-bond donors (Lipinski definition) is 4. The van der Waals surface area contributed by atoms with Gasteiger partial charge < -0.3 is 16.2 Å². The van der Waals surface area contributed by atoms with Crippen LogP contribution in [0.3, 0.4) is 0 Å². The van der Waals surface area contributed by atoms with Crippen molar-refractivity contribution >= 4 is 51.6 Å². The van der Waals surface area contributed by atoms with E-state index in [4.69, 9.17) is 5.73 Å².